The standard InChI is InChI=1S/C22H18BrN3O2/c1-15(16-8-3-2-4-9-16)25-26-21(27)17-10-7-11-18(14-17)24-22(28)19-12-5-6-13-20(19)23/h2-14H,1H3,(H,24,28)(H,26,27)/b25-15+. The minimum Gasteiger partial charge on any atom is -0.322 e. The zero-order chi connectivity index (χ0) is 19.9. The van der Waals surface area contributed by atoms with Crippen LogP contribution in [0.2, 0.25) is 0 Å². The van der Waals surface area contributed by atoms with Crippen LogP contribution in [0.5, 0.6) is 0 Å². The summed E-state index contributed by atoms with van der Waals surface area (Å²) in [5, 5.41) is 6.94. The second kappa shape index (κ2) is 9.10. The van der Waals surface area contributed by atoms with Crippen LogP contribution < -0.4 is 10.7 Å². The highest BCUT2D eigenvalue weighted by molar-refractivity contribution is 9.10. The van der Waals surface area contributed by atoms with E-state index in [1.165, 1.54) is 0 Å². The summed E-state index contributed by atoms with van der Waals surface area (Å²) < 4.78 is 0.701. The van der Waals surface area contributed by atoms with E-state index in [2.05, 4.69) is 31.8 Å². The van der Waals surface area contributed by atoms with Gasteiger partial charge in [0.1, 0.15) is 0 Å². The van der Waals surface area contributed by atoms with E-state index < -0.39 is 0 Å². The van der Waals surface area contributed by atoms with Gasteiger partial charge in [0.25, 0.3) is 11.8 Å². The molecule has 3 aromatic carbocycles. The van der Waals surface area contributed by atoms with Gasteiger partial charge in [-0.15, -0.1) is 0 Å². The predicted molar refractivity (Wildman–Crippen MR) is 115 cm³/mol. The number of nitrogens with one attached hydrogen (secondary N) is 2. The van der Waals surface area contributed by atoms with E-state index in [4.69, 9.17) is 0 Å². The number of carbonyl (C=O) groups is 2. The second-order valence-electron chi connectivity index (χ2n) is 6.02. The third kappa shape index (κ3) is 4.92. The van der Waals surface area contributed by atoms with E-state index in [1.54, 1.807) is 42.5 Å². The highest BCUT2D eigenvalue weighted by Gasteiger charge is 2.11. The Bertz CT molecular complexity index is 1030. The van der Waals surface area contributed by atoms with Crippen LogP contribution in [0.15, 0.2) is 88.4 Å². The van der Waals surface area contributed by atoms with Gasteiger partial charge in [-0.05, 0) is 58.7 Å². The molecule has 5 nitrogen and oxygen atoms in total. The summed E-state index contributed by atoms with van der Waals surface area (Å²) in [7, 11) is 0. The maximum Gasteiger partial charge on any atom is 0.271 e. The molecule has 0 aliphatic carbocycles. The summed E-state index contributed by atoms with van der Waals surface area (Å²) in [5.74, 6) is -0.616. The van der Waals surface area contributed by atoms with Crippen LogP contribution in [-0.4, -0.2) is 17.5 Å². The van der Waals surface area contributed by atoms with Gasteiger partial charge in [0, 0.05) is 15.7 Å². The number of nitrogens with zero attached hydrogens (tertiary/aromatic N) is 1. The molecule has 0 unspecified atom stereocenters. The molecule has 140 valence electrons. The normalized spacial score (nSPS) is 11.0. The number of hydrogen-bond donors (Lipinski definition) is 2. The van der Waals surface area contributed by atoms with Crippen molar-refractivity contribution in [3.8, 4) is 0 Å². The second-order valence-corrected chi connectivity index (χ2v) is 6.87. The Morgan fingerprint density at radius 1 is 0.821 bits per heavy atom. The molecular weight excluding hydrogens is 418 g/mol. The fourth-order valence-electron chi connectivity index (χ4n) is 2.53. The third-order valence-electron chi connectivity index (χ3n) is 4.02. The Kier molecular flexibility index (Phi) is 6.34. The van der Waals surface area contributed by atoms with Crippen molar-refractivity contribution in [3.63, 3.8) is 0 Å². The number of halogens is 1. The molecule has 0 saturated heterocycles. The molecule has 6 heteroatoms. The first-order chi connectivity index (χ1) is 13.5. The minimum atomic E-state index is -0.354. The van der Waals surface area contributed by atoms with Crippen molar-refractivity contribution in [1.82, 2.24) is 5.43 Å². The molecule has 0 radical (unpaired) electrons. The van der Waals surface area contributed by atoms with Crippen LogP contribution in [-0.2, 0) is 0 Å². The Morgan fingerprint density at radius 2 is 1.50 bits per heavy atom. The fourth-order valence-corrected chi connectivity index (χ4v) is 2.99. The molecule has 0 fully saturated rings. The van der Waals surface area contributed by atoms with Crippen molar-refractivity contribution in [2.24, 2.45) is 5.10 Å². The lowest BCUT2D eigenvalue weighted by molar-refractivity contribution is 0.0953. The zero-order valence-corrected chi connectivity index (χ0v) is 16.7. The van der Waals surface area contributed by atoms with Crippen molar-refractivity contribution in [1.29, 1.82) is 0 Å². The van der Waals surface area contributed by atoms with Crippen LogP contribution in [0.4, 0.5) is 5.69 Å². The Hall–Kier alpha value is -3.25. The van der Waals surface area contributed by atoms with Crippen molar-refractivity contribution in [2.45, 2.75) is 6.92 Å². The van der Waals surface area contributed by atoms with Gasteiger partial charge < -0.3 is 5.32 Å². The lowest BCUT2D eigenvalue weighted by Gasteiger charge is -2.08. The number of hydrazone groups is 1. The molecular formula is C22H18BrN3O2. The van der Waals surface area contributed by atoms with Crippen LogP contribution in [0.1, 0.15) is 33.2 Å². The number of rotatable bonds is 5. The van der Waals surface area contributed by atoms with Crippen molar-refractivity contribution in [2.75, 3.05) is 5.32 Å². The zero-order valence-electron chi connectivity index (χ0n) is 15.1. The molecule has 0 aromatic heterocycles. The van der Waals surface area contributed by atoms with E-state index in [-0.39, 0.29) is 11.8 Å². The van der Waals surface area contributed by atoms with E-state index in [9.17, 15) is 9.59 Å². The molecule has 0 atom stereocenters. The summed E-state index contributed by atoms with van der Waals surface area (Å²) in [4.78, 5) is 24.8. The summed E-state index contributed by atoms with van der Waals surface area (Å²) in [6.07, 6.45) is 0. The van der Waals surface area contributed by atoms with Gasteiger partial charge in [0.15, 0.2) is 0 Å². The van der Waals surface area contributed by atoms with Crippen LogP contribution >= 0.6 is 15.9 Å². The topological polar surface area (TPSA) is 70.6 Å². The van der Waals surface area contributed by atoms with E-state index in [1.807, 2.05) is 43.3 Å². The molecule has 0 spiro atoms. The average Bonchev–Trinajstić information content (AvgIpc) is 2.72. The SMILES string of the molecule is C/C(=N\NC(=O)c1cccc(NC(=O)c2ccccc2Br)c1)c1ccccc1. The lowest BCUT2D eigenvalue weighted by atomic mass is 10.1. The third-order valence-corrected chi connectivity index (χ3v) is 4.71. The van der Waals surface area contributed by atoms with Crippen molar-refractivity contribution >= 4 is 39.1 Å². The molecule has 28 heavy (non-hydrogen) atoms. The monoisotopic (exact) mass is 435 g/mol. The van der Waals surface area contributed by atoms with Crippen molar-refractivity contribution < 1.29 is 9.59 Å². The summed E-state index contributed by atoms with van der Waals surface area (Å²) in [6, 6.07) is 23.4. The highest BCUT2D eigenvalue weighted by atomic mass is 79.9. The predicted octanol–water partition coefficient (Wildman–Crippen LogP) is 4.86. The maximum absolute atomic E-state index is 12.4. The van der Waals surface area contributed by atoms with Gasteiger partial charge >= 0.3 is 0 Å². The molecule has 3 aromatic rings. The van der Waals surface area contributed by atoms with Crippen LogP contribution in [0.3, 0.4) is 0 Å². The van der Waals surface area contributed by atoms with Crippen LogP contribution in [0, 0.1) is 0 Å². The molecule has 2 amide bonds. The number of anilines is 1. The molecule has 2 N–H and O–H groups in total. The first-order valence-corrected chi connectivity index (χ1v) is 9.40. The van der Waals surface area contributed by atoms with Gasteiger partial charge in [-0.3, -0.25) is 9.59 Å². The van der Waals surface area contributed by atoms with Gasteiger partial charge in [-0.2, -0.15) is 5.10 Å². The molecule has 0 aliphatic heterocycles. The smallest absolute Gasteiger partial charge is 0.271 e. The Labute approximate surface area is 171 Å². The largest absolute Gasteiger partial charge is 0.322 e. The van der Waals surface area contributed by atoms with E-state index >= 15 is 0 Å². The maximum atomic E-state index is 12.4. The van der Waals surface area contributed by atoms with Gasteiger partial charge in [-0.1, -0.05) is 48.5 Å². The number of benzene rings is 3. The highest BCUT2D eigenvalue weighted by Crippen LogP contribution is 2.18. The molecule has 0 aliphatic rings. The molecule has 0 bridgehead atoms. The van der Waals surface area contributed by atoms with Gasteiger partial charge in [0.05, 0.1) is 11.3 Å². The van der Waals surface area contributed by atoms with Crippen molar-refractivity contribution in [3.05, 3.63) is 100 Å². The summed E-state index contributed by atoms with van der Waals surface area (Å²) in [5.41, 5.74) is 5.61. The quantitative estimate of drug-likeness (QED) is 0.443. The number of amides is 2. The average molecular weight is 436 g/mol. The minimum absolute atomic E-state index is 0.261. The first kappa shape index (κ1) is 19.5. The molecule has 0 heterocycles. The van der Waals surface area contributed by atoms with E-state index in [0.717, 1.165) is 5.56 Å². The Morgan fingerprint density at radius 3 is 2.25 bits per heavy atom. The summed E-state index contributed by atoms with van der Waals surface area (Å²) in [6.45, 7) is 1.82. The number of carbonyl (C=O) groups excluding carboxylic acids is 2. The first-order valence-electron chi connectivity index (χ1n) is 8.60. The van der Waals surface area contributed by atoms with Crippen LogP contribution in [0.25, 0.3) is 0 Å². The Balaban J connectivity index is 1.70. The fraction of sp³-hybridized carbons (Fsp3) is 0.0455. The van der Waals surface area contributed by atoms with Gasteiger partial charge in [0.2, 0.25) is 0 Å². The molecule has 0 saturated carbocycles. The van der Waals surface area contributed by atoms with Gasteiger partial charge in [-0.25, -0.2) is 5.43 Å². The summed E-state index contributed by atoms with van der Waals surface area (Å²) >= 11 is 3.36. The number of hydrogen-bond acceptors (Lipinski definition) is 3. The lowest BCUT2D eigenvalue weighted by Crippen LogP contribution is -2.20. The van der Waals surface area contributed by atoms with E-state index in [0.29, 0.717) is 27.0 Å². The molecule has 3 rings (SSSR count).